The van der Waals surface area contributed by atoms with Gasteiger partial charge in [-0.3, -0.25) is 0 Å². The van der Waals surface area contributed by atoms with E-state index < -0.39 is 0 Å². The Labute approximate surface area is 115 Å². The molecule has 3 nitrogen and oxygen atoms in total. The number of nitrogens with zero attached hydrogens (tertiary/aromatic N) is 2. The summed E-state index contributed by atoms with van der Waals surface area (Å²) in [5, 5.41) is 0. The number of allylic oxidation sites excluding steroid dienone is 1. The van der Waals surface area contributed by atoms with Crippen molar-refractivity contribution >= 4 is 0 Å². The van der Waals surface area contributed by atoms with Crippen LogP contribution in [0.4, 0.5) is 0 Å². The topological polar surface area (TPSA) is 15.7 Å². The Morgan fingerprint density at radius 3 is 3.16 bits per heavy atom. The van der Waals surface area contributed by atoms with Gasteiger partial charge in [-0.05, 0) is 43.4 Å². The molecule has 0 aromatic carbocycles. The van der Waals surface area contributed by atoms with Crippen molar-refractivity contribution in [2.24, 2.45) is 5.92 Å². The molecule has 3 heteroatoms. The molecule has 4 aliphatic heterocycles. The summed E-state index contributed by atoms with van der Waals surface area (Å²) >= 11 is 0. The van der Waals surface area contributed by atoms with Crippen molar-refractivity contribution < 1.29 is 4.74 Å². The van der Waals surface area contributed by atoms with Gasteiger partial charge >= 0.3 is 0 Å². The van der Waals surface area contributed by atoms with E-state index in [9.17, 15) is 0 Å². The molecule has 4 aliphatic rings. The lowest BCUT2D eigenvalue weighted by Gasteiger charge is -2.37. The van der Waals surface area contributed by atoms with Crippen molar-refractivity contribution in [1.29, 1.82) is 0 Å². The number of hydrogen-bond acceptors (Lipinski definition) is 3. The van der Waals surface area contributed by atoms with Crippen molar-refractivity contribution in [3.63, 3.8) is 0 Å². The molecule has 3 atom stereocenters. The molecule has 4 rings (SSSR count). The fraction of sp³-hybridized carbons (Fsp3) is 0.625. The molecule has 2 bridgehead atoms. The number of fused-ring (bicyclic) bond motifs is 3. The van der Waals surface area contributed by atoms with E-state index in [0.717, 1.165) is 24.7 Å². The van der Waals surface area contributed by atoms with E-state index in [2.05, 4.69) is 35.2 Å². The van der Waals surface area contributed by atoms with Gasteiger partial charge in [0.1, 0.15) is 12.4 Å². The van der Waals surface area contributed by atoms with Crippen molar-refractivity contribution in [3.8, 4) is 0 Å². The van der Waals surface area contributed by atoms with Crippen molar-refractivity contribution in [2.45, 2.75) is 32.2 Å². The largest absolute Gasteiger partial charge is 0.487 e. The van der Waals surface area contributed by atoms with E-state index in [1.165, 1.54) is 43.6 Å². The zero-order chi connectivity index (χ0) is 12.8. The first-order valence-electron chi connectivity index (χ1n) is 7.58. The lowest BCUT2D eigenvalue weighted by atomic mass is 9.95. The smallest absolute Gasteiger partial charge is 0.143 e. The normalized spacial score (nSPS) is 36.4. The average molecular weight is 258 g/mol. The molecule has 19 heavy (non-hydrogen) atoms. The van der Waals surface area contributed by atoms with E-state index >= 15 is 0 Å². The second-order valence-electron chi connectivity index (χ2n) is 6.22. The average Bonchev–Trinajstić information content (AvgIpc) is 3.01. The third kappa shape index (κ3) is 1.91. The predicted octanol–water partition coefficient (Wildman–Crippen LogP) is 2.49. The predicted molar refractivity (Wildman–Crippen MR) is 75.3 cm³/mol. The lowest BCUT2D eigenvalue weighted by Crippen LogP contribution is -2.43. The lowest BCUT2D eigenvalue weighted by molar-refractivity contribution is 0.167. The molecule has 1 unspecified atom stereocenters. The Balaban J connectivity index is 1.54. The van der Waals surface area contributed by atoms with E-state index in [-0.39, 0.29) is 0 Å². The van der Waals surface area contributed by atoms with E-state index in [1.54, 1.807) is 0 Å². The first-order chi connectivity index (χ1) is 9.33. The van der Waals surface area contributed by atoms with Crippen LogP contribution in [0.1, 0.15) is 26.2 Å². The summed E-state index contributed by atoms with van der Waals surface area (Å²) in [6.07, 6.45) is 10.6. The molecule has 0 radical (unpaired) electrons. The van der Waals surface area contributed by atoms with Crippen LogP contribution >= 0.6 is 0 Å². The Morgan fingerprint density at radius 2 is 2.32 bits per heavy atom. The van der Waals surface area contributed by atoms with Gasteiger partial charge in [-0.1, -0.05) is 6.92 Å². The Morgan fingerprint density at radius 1 is 1.37 bits per heavy atom. The van der Waals surface area contributed by atoms with Gasteiger partial charge in [0.25, 0.3) is 0 Å². The zero-order valence-electron chi connectivity index (χ0n) is 11.6. The Bertz CT molecular complexity index is 465. The SMILES string of the molecule is CCC1=C2C=CN([C@@H]3C[C@H]4CCN(C4)C3)C=C2OC1. The second-order valence-corrected chi connectivity index (χ2v) is 6.22. The van der Waals surface area contributed by atoms with Gasteiger partial charge in [-0.25, -0.2) is 0 Å². The molecule has 2 fully saturated rings. The molecule has 0 aromatic rings. The highest BCUT2D eigenvalue weighted by Crippen LogP contribution is 2.35. The van der Waals surface area contributed by atoms with E-state index in [0.29, 0.717) is 6.04 Å². The summed E-state index contributed by atoms with van der Waals surface area (Å²) in [7, 11) is 0. The minimum Gasteiger partial charge on any atom is -0.487 e. The molecule has 0 saturated carbocycles. The standard InChI is InChI=1S/C16H22N2O/c1-2-13-11-19-16-10-18(6-4-15(13)16)14-7-12-3-5-17(8-12)9-14/h4,6,10,12,14H,2-3,5,7-9,11H2,1H3/t12-,14-/m1/s1. The van der Waals surface area contributed by atoms with Crippen molar-refractivity contribution in [1.82, 2.24) is 9.80 Å². The first kappa shape index (κ1) is 11.6. The van der Waals surface area contributed by atoms with Gasteiger partial charge in [0.2, 0.25) is 0 Å². The van der Waals surface area contributed by atoms with Crippen LogP contribution in [-0.2, 0) is 4.74 Å². The van der Waals surface area contributed by atoms with Crippen LogP contribution < -0.4 is 0 Å². The maximum Gasteiger partial charge on any atom is 0.143 e. The molecule has 0 amide bonds. The molecule has 0 spiro atoms. The fourth-order valence-corrected chi connectivity index (χ4v) is 3.90. The molecule has 0 N–H and O–H groups in total. The van der Waals surface area contributed by atoms with Gasteiger partial charge in [-0.2, -0.15) is 0 Å². The Kier molecular flexibility index (Phi) is 2.69. The van der Waals surface area contributed by atoms with Crippen molar-refractivity contribution in [2.75, 3.05) is 26.2 Å². The third-order valence-electron chi connectivity index (χ3n) is 5.02. The number of rotatable bonds is 2. The van der Waals surface area contributed by atoms with Gasteiger partial charge in [0.05, 0.1) is 0 Å². The molecule has 102 valence electrons. The molecule has 2 saturated heterocycles. The van der Waals surface area contributed by atoms with Crippen LogP contribution in [0.2, 0.25) is 0 Å². The maximum atomic E-state index is 5.83. The minimum atomic E-state index is 0.640. The highest BCUT2D eigenvalue weighted by Gasteiger charge is 2.35. The quantitative estimate of drug-likeness (QED) is 0.757. The van der Waals surface area contributed by atoms with Crippen LogP contribution in [0.5, 0.6) is 0 Å². The molecular weight excluding hydrogens is 236 g/mol. The summed E-state index contributed by atoms with van der Waals surface area (Å²) in [5.41, 5.74) is 2.77. The van der Waals surface area contributed by atoms with Crippen LogP contribution in [-0.4, -0.2) is 42.1 Å². The van der Waals surface area contributed by atoms with Gasteiger partial charge in [0.15, 0.2) is 0 Å². The highest BCUT2D eigenvalue weighted by atomic mass is 16.5. The van der Waals surface area contributed by atoms with Gasteiger partial charge in [-0.15, -0.1) is 0 Å². The summed E-state index contributed by atoms with van der Waals surface area (Å²) in [6, 6.07) is 0.640. The van der Waals surface area contributed by atoms with E-state index in [4.69, 9.17) is 4.74 Å². The second kappa shape index (κ2) is 4.41. The monoisotopic (exact) mass is 258 g/mol. The number of ether oxygens (including phenoxy) is 1. The minimum absolute atomic E-state index is 0.640. The fourth-order valence-electron chi connectivity index (χ4n) is 3.90. The molecule has 4 heterocycles. The summed E-state index contributed by atoms with van der Waals surface area (Å²) in [4.78, 5) is 5.01. The summed E-state index contributed by atoms with van der Waals surface area (Å²) in [5.74, 6) is 2.01. The molecule has 0 aliphatic carbocycles. The Hall–Kier alpha value is -1.22. The zero-order valence-corrected chi connectivity index (χ0v) is 11.6. The van der Waals surface area contributed by atoms with Gasteiger partial charge < -0.3 is 14.5 Å². The van der Waals surface area contributed by atoms with Crippen LogP contribution in [0.25, 0.3) is 0 Å². The maximum absolute atomic E-state index is 5.83. The van der Waals surface area contributed by atoms with E-state index in [1.807, 2.05) is 0 Å². The van der Waals surface area contributed by atoms with Crippen LogP contribution in [0, 0.1) is 5.92 Å². The van der Waals surface area contributed by atoms with Crippen molar-refractivity contribution in [3.05, 3.63) is 35.4 Å². The van der Waals surface area contributed by atoms with Crippen LogP contribution in [0.3, 0.4) is 0 Å². The number of hydrogen-bond donors (Lipinski definition) is 0. The molecular formula is C16H22N2O. The van der Waals surface area contributed by atoms with Crippen LogP contribution in [0.15, 0.2) is 35.4 Å². The molecule has 0 aromatic heterocycles. The summed E-state index contributed by atoms with van der Waals surface area (Å²) in [6.45, 7) is 6.84. The highest BCUT2D eigenvalue weighted by molar-refractivity contribution is 5.46. The van der Waals surface area contributed by atoms with Gasteiger partial charge in [0, 0.05) is 37.1 Å². The first-order valence-corrected chi connectivity index (χ1v) is 7.58. The number of piperidine rings is 1. The third-order valence-corrected chi connectivity index (χ3v) is 5.02. The summed E-state index contributed by atoms with van der Waals surface area (Å²) < 4.78 is 5.83.